The Morgan fingerprint density at radius 1 is 1.41 bits per heavy atom. The van der Waals surface area contributed by atoms with Gasteiger partial charge in [-0.25, -0.2) is 9.97 Å². The molecule has 0 aliphatic rings. The Balaban J connectivity index is 2.44. The van der Waals surface area contributed by atoms with Crippen LogP contribution < -0.4 is 5.32 Å². The first-order valence-corrected chi connectivity index (χ1v) is 6.24. The summed E-state index contributed by atoms with van der Waals surface area (Å²) in [5, 5.41) is 24.3. The first kappa shape index (κ1) is 12.5. The second-order valence-corrected chi connectivity index (χ2v) is 5.22. The Labute approximate surface area is 107 Å². The van der Waals surface area contributed by atoms with Crippen molar-refractivity contribution in [3.8, 4) is 0 Å². The van der Waals surface area contributed by atoms with E-state index in [0.29, 0.717) is 5.82 Å². The van der Waals surface area contributed by atoms with E-state index in [0.717, 1.165) is 10.2 Å². The van der Waals surface area contributed by atoms with Gasteiger partial charge in [0.1, 0.15) is 10.6 Å². The molecule has 0 amide bonds. The first-order valence-electron chi connectivity index (χ1n) is 4.98. The van der Waals surface area contributed by atoms with E-state index in [1.165, 1.54) is 11.3 Å². The molecule has 0 saturated heterocycles. The summed E-state index contributed by atoms with van der Waals surface area (Å²) in [5.74, 6) is 0.520. The van der Waals surface area contributed by atoms with E-state index in [1.807, 2.05) is 11.4 Å². The number of thiophene rings is 1. The van der Waals surface area contributed by atoms with Crippen LogP contribution in [0.4, 0.5) is 5.82 Å². The number of hydrogen-bond donors (Lipinski definition) is 3. The molecule has 2 aromatic rings. The van der Waals surface area contributed by atoms with Crippen molar-refractivity contribution in [1.82, 2.24) is 9.97 Å². The van der Waals surface area contributed by atoms with Gasteiger partial charge in [0.25, 0.3) is 0 Å². The molecule has 0 fully saturated rings. The molecule has 0 atom stereocenters. The van der Waals surface area contributed by atoms with Gasteiger partial charge in [-0.2, -0.15) is 0 Å². The highest BCUT2D eigenvalue weighted by Crippen LogP contribution is 2.28. The van der Waals surface area contributed by atoms with Gasteiger partial charge in [0.2, 0.25) is 5.28 Å². The summed E-state index contributed by atoms with van der Waals surface area (Å²) in [6.45, 7) is 1.27. The van der Waals surface area contributed by atoms with Crippen molar-refractivity contribution in [2.24, 2.45) is 0 Å². The van der Waals surface area contributed by atoms with Gasteiger partial charge >= 0.3 is 0 Å². The molecule has 0 aliphatic heterocycles. The first-order chi connectivity index (χ1) is 8.08. The van der Waals surface area contributed by atoms with E-state index >= 15 is 0 Å². The fourth-order valence-corrected chi connectivity index (χ4v) is 2.32. The van der Waals surface area contributed by atoms with Crippen LogP contribution in [0.15, 0.2) is 11.4 Å². The predicted molar refractivity (Wildman–Crippen MR) is 68.6 cm³/mol. The summed E-state index contributed by atoms with van der Waals surface area (Å²) >= 11 is 7.27. The minimum atomic E-state index is -0.841. The average molecular weight is 274 g/mol. The zero-order chi connectivity index (χ0) is 12.5. The van der Waals surface area contributed by atoms with Crippen LogP contribution in [0.25, 0.3) is 10.2 Å². The number of nitrogens with zero attached hydrogens (tertiary/aromatic N) is 2. The highest BCUT2D eigenvalue weighted by Gasteiger charge is 2.24. The lowest BCUT2D eigenvalue weighted by Gasteiger charge is -2.27. The predicted octanol–water partition coefficient (Wildman–Crippen LogP) is 1.50. The molecule has 0 saturated carbocycles. The monoisotopic (exact) mass is 273 g/mol. The van der Waals surface area contributed by atoms with Gasteiger partial charge in [0.05, 0.1) is 24.1 Å². The molecular weight excluding hydrogens is 262 g/mol. The smallest absolute Gasteiger partial charge is 0.225 e. The van der Waals surface area contributed by atoms with E-state index in [1.54, 1.807) is 6.92 Å². The maximum absolute atomic E-state index is 9.24. The number of halogens is 1. The van der Waals surface area contributed by atoms with Crippen molar-refractivity contribution in [2.45, 2.75) is 12.5 Å². The number of anilines is 1. The molecule has 2 rings (SSSR count). The molecule has 3 N–H and O–H groups in total. The number of fused-ring (bicyclic) bond motifs is 1. The Kier molecular flexibility index (Phi) is 3.48. The van der Waals surface area contributed by atoms with Gasteiger partial charge in [-0.1, -0.05) is 0 Å². The Morgan fingerprint density at radius 2 is 2.12 bits per heavy atom. The minimum absolute atomic E-state index is 0.140. The van der Waals surface area contributed by atoms with Gasteiger partial charge in [0.15, 0.2) is 0 Å². The van der Waals surface area contributed by atoms with E-state index in [-0.39, 0.29) is 18.5 Å². The fourth-order valence-electron chi connectivity index (χ4n) is 1.34. The van der Waals surface area contributed by atoms with Crippen LogP contribution in [0.3, 0.4) is 0 Å². The standard InChI is InChI=1S/C10H12ClN3O2S/c1-10(4-15,5-16)14-7-6-2-3-17-8(6)13-9(11)12-7/h2-3,15-16H,4-5H2,1H3,(H,12,13,14). The highest BCUT2D eigenvalue weighted by atomic mass is 35.5. The van der Waals surface area contributed by atoms with Crippen LogP contribution in [-0.2, 0) is 0 Å². The zero-order valence-electron chi connectivity index (χ0n) is 9.14. The molecule has 0 unspecified atom stereocenters. The third kappa shape index (κ3) is 2.50. The minimum Gasteiger partial charge on any atom is -0.394 e. The fraction of sp³-hybridized carbons (Fsp3) is 0.400. The third-order valence-electron chi connectivity index (χ3n) is 2.42. The summed E-state index contributed by atoms with van der Waals surface area (Å²) in [6, 6.07) is 1.87. The Morgan fingerprint density at radius 3 is 2.76 bits per heavy atom. The lowest BCUT2D eigenvalue weighted by Crippen LogP contribution is -2.42. The Bertz CT molecular complexity index is 527. The van der Waals surface area contributed by atoms with Crippen molar-refractivity contribution in [2.75, 3.05) is 18.5 Å². The largest absolute Gasteiger partial charge is 0.394 e. The van der Waals surface area contributed by atoms with Gasteiger partial charge in [-0.3, -0.25) is 0 Å². The van der Waals surface area contributed by atoms with E-state index in [9.17, 15) is 10.2 Å². The molecule has 0 spiro atoms. The second kappa shape index (κ2) is 4.73. The van der Waals surface area contributed by atoms with Gasteiger partial charge < -0.3 is 15.5 Å². The van der Waals surface area contributed by atoms with Gasteiger partial charge in [0, 0.05) is 0 Å². The van der Waals surface area contributed by atoms with Gasteiger partial charge in [-0.05, 0) is 30.0 Å². The third-order valence-corrected chi connectivity index (χ3v) is 3.39. The second-order valence-electron chi connectivity index (χ2n) is 3.98. The van der Waals surface area contributed by atoms with Crippen molar-refractivity contribution in [3.05, 3.63) is 16.7 Å². The van der Waals surface area contributed by atoms with Crippen molar-refractivity contribution in [1.29, 1.82) is 0 Å². The number of aromatic nitrogens is 2. The molecule has 7 heteroatoms. The summed E-state index contributed by atoms with van der Waals surface area (Å²) in [6.07, 6.45) is 0. The zero-order valence-corrected chi connectivity index (χ0v) is 10.7. The summed E-state index contributed by atoms with van der Waals surface area (Å²) in [7, 11) is 0. The molecule has 0 bridgehead atoms. The van der Waals surface area contributed by atoms with Crippen molar-refractivity contribution < 1.29 is 10.2 Å². The topological polar surface area (TPSA) is 78.3 Å². The molecule has 0 radical (unpaired) electrons. The van der Waals surface area contributed by atoms with E-state index < -0.39 is 5.54 Å². The average Bonchev–Trinajstić information content (AvgIpc) is 2.77. The molecule has 5 nitrogen and oxygen atoms in total. The van der Waals surface area contributed by atoms with Gasteiger partial charge in [-0.15, -0.1) is 11.3 Å². The van der Waals surface area contributed by atoms with Crippen LogP contribution in [0, 0.1) is 0 Å². The molecule has 17 heavy (non-hydrogen) atoms. The molecule has 2 heterocycles. The molecule has 0 aliphatic carbocycles. The molecule has 92 valence electrons. The molecular formula is C10H12ClN3O2S. The number of aliphatic hydroxyl groups is 2. The molecule has 0 aromatic carbocycles. The maximum Gasteiger partial charge on any atom is 0.225 e. The van der Waals surface area contributed by atoms with Crippen LogP contribution in [0.2, 0.25) is 5.28 Å². The number of hydrogen-bond acceptors (Lipinski definition) is 6. The van der Waals surface area contributed by atoms with Crippen LogP contribution in [0.1, 0.15) is 6.92 Å². The van der Waals surface area contributed by atoms with E-state index in [4.69, 9.17) is 11.6 Å². The van der Waals surface area contributed by atoms with Crippen LogP contribution in [0.5, 0.6) is 0 Å². The summed E-state index contributed by atoms with van der Waals surface area (Å²) in [5.41, 5.74) is -0.841. The summed E-state index contributed by atoms with van der Waals surface area (Å²) in [4.78, 5) is 8.94. The van der Waals surface area contributed by atoms with Crippen LogP contribution >= 0.6 is 22.9 Å². The number of nitrogens with one attached hydrogen (secondary N) is 1. The quantitative estimate of drug-likeness (QED) is 0.736. The highest BCUT2D eigenvalue weighted by molar-refractivity contribution is 7.16. The van der Waals surface area contributed by atoms with Crippen LogP contribution in [-0.4, -0.2) is 38.9 Å². The van der Waals surface area contributed by atoms with E-state index in [2.05, 4.69) is 15.3 Å². The SMILES string of the molecule is CC(CO)(CO)Nc1nc(Cl)nc2sccc12. The normalized spacial score (nSPS) is 12.0. The summed E-state index contributed by atoms with van der Waals surface area (Å²) < 4.78 is 0. The van der Waals surface area contributed by atoms with Crippen molar-refractivity contribution in [3.63, 3.8) is 0 Å². The van der Waals surface area contributed by atoms with Crippen molar-refractivity contribution >= 4 is 39.0 Å². The number of aliphatic hydroxyl groups excluding tert-OH is 2. The number of rotatable bonds is 4. The lowest BCUT2D eigenvalue weighted by atomic mass is 10.1. The lowest BCUT2D eigenvalue weighted by molar-refractivity contribution is 0.147. The Hall–Kier alpha value is -0.950. The molecule has 2 aromatic heterocycles. The maximum atomic E-state index is 9.24.